The summed E-state index contributed by atoms with van der Waals surface area (Å²) in [5, 5.41) is 12.4. The van der Waals surface area contributed by atoms with Crippen molar-refractivity contribution in [2.45, 2.75) is 44.0 Å². The van der Waals surface area contributed by atoms with E-state index in [4.69, 9.17) is 4.74 Å². The molecule has 0 saturated carbocycles. The van der Waals surface area contributed by atoms with E-state index >= 15 is 0 Å². The second kappa shape index (κ2) is 9.61. The van der Waals surface area contributed by atoms with Crippen molar-refractivity contribution >= 4 is 21.7 Å². The molecule has 1 atom stereocenters. The molecule has 0 aliphatic carbocycles. The second-order valence-corrected chi connectivity index (χ2v) is 7.39. The molecule has 0 aromatic heterocycles. The Balaban J connectivity index is 2.98. The van der Waals surface area contributed by atoms with E-state index in [1.165, 1.54) is 18.2 Å². The molecule has 0 spiro atoms. The van der Waals surface area contributed by atoms with E-state index in [2.05, 4.69) is 10.0 Å². The smallest absolute Gasteiger partial charge is 0.337 e. The van der Waals surface area contributed by atoms with E-state index in [1.807, 2.05) is 13.8 Å². The van der Waals surface area contributed by atoms with E-state index in [1.54, 1.807) is 7.11 Å². The molecule has 0 bridgehead atoms. The number of hydrogen-bond acceptors (Lipinski definition) is 5. The first-order valence-corrected chi connectivity index (χ1v) is 9.42. The molecule has 0 heterocycles. The Morgan fingerprint density at radius 1 is 1.33 bits per heavy atom. The Labute approximate surface area is 143 Å². The average molecular weight is 358 g/mol. The third-order valence-corrected chi connectivity index (χ3v) is 4.88. The first kappa shape index (κ1) is 20.4. The maximum absolute atomic E-state index is 12.3. The van der Waals surface area contributed by atoms with Crippen LogP contribution in [0.5, 0.6) is 0 Å². The highest BCUT2D eigenvalue weighted by atomic mass is 32.2. The minimum Gasteiger partial charge on any atom is -0.478 e. The number of rotatable bonds is 11. The molecule has 1 aromatic carbocycles. The topological polar surface area (TPSA) is 105 Å². The Morgan fingerprint density at radius 3 is 2.62 bits per heavy atom. The largest absolute Gasteiger partial charge is 0.478 e. The zero-order valence-corrected chi connectivity index (χ0v) is 15.1. The van der Waals surface area contributed by atoms with Crippen LogP contribution in [0.25, 0.3) is 0 Å². The first-order chi connectivity index (χ1) is 11.3. The van der Waals surface area contributed by atoms with E-state index in [-0.39, 0.29) is 16.5 Å². The van der Waals surface area contributed by atoms with E-state index in [0.717, 1.165) is 19.3 Å². The molecule has 0 aliphatic rings. The summed E-state index contributed by atoms with van der Waals surface area (Å²) in [4.78, 5) is 11.4. The molecular weight excluding hydrogens is 332 g/mol. The quantitative estimate of drug-likeness (QED) is 0.524. The van der Waals surface area contributed by atoms with Gasteiger partial charge in [-0.15, -0.1) is 0 Å². The highest BCUT2D eigenvalue weighted by Crippen LogP contribution is 2.21. The van der Waals surface area contributed by atoms with Crippen molar-refractivity contribution in [2.75, 3.05) is 25.6 Å². The molecule has 3 N–H and O–H groups in total. The van der Waals surface area contributed by atoms with Crippen LogP contribution in [0.1, 0.15) is 43.5 Å². The summed E-state index contributed by atoms with van der Waals surface area (Å²) in [6, 6.07) is 3.93. The van der Waals surface area contributed by atoms with Crippen LogP contribution < -0.4 is 10.0 Å². The third-order valence-electron chi connectivity index (χ3n) is 3.42. The lowest BCUT2D eigenvalue weighted by Gasteiger charge is -2.17. The number of carboxylic acids is 1. The standard InChI is InChI=1S/C16H26N2O5S/c1-4-5-6-9-17-24(21,22)13-7-8-15(14(10-13)16(19)20)18-12(2)11-23-3/h7-8,10,12,17-18H,4-6,9,11H2,1-3H3,(H,19,20). The fourth-order valence-electron chi connectivity index (χ4n) is 2.22. The second-order valence-electron chi connectivity index (χ2n) is 5.62. The van der Waals surface area contributed by atoms with Gasteiger partial charge in [0.15, 0.2) is 0 Å². The van der Waals surface area contributed by atoms with E-state index in [0.29, 0.717) is 18.8 Å². The first-order valence-electron chi connectivity index (χ1n) is 7.94. The number of benzene rings is 1. The van der Waals surface area contributed by atoms with Gasteiger partial charge in [0.25, 0.3) is 0 Å². The van der Waals surface area contributed by atoms with Crippen molar-refractivity contribution in [3.8, 4) is 0 Å². The number of hydrogen-bond donors (Lipinski definition) is 3. The maximum atomic E-state index is 12.3. The zero-order valence-electron chi connectivity index (χ0n) is 14.3. The predicted octanol–water partition coefficient (Wildman–Crippen LogP) is 2.30. The minimum absolute atomic E-state index is 0.0543. The van der Waals surface area contributed by atoms with Crippen molar-refractivity contribution in [2.24, 2.45) is 0 Å². The normalized spacial score (nSPS) is 12.8. The maximum Gasteiger partial charge on any atom is 0.337 e. The lowest BCUT2D eigenvalue weighted by Crippen LogP contribution is -2.26. The van der Waals surface area contributed by atoms with Gasteiger partial charge in [-0.3, -0.25) is 0 Å². The van der Waals surface area contributed by atoms with Gasteiger partial charge in [0, 0.05) is 25.4 Å². The molecule has 1 unspecified atom stereocenters. The van der Waals surface area contributed by atoms with Crippen LogP contribution in [0.3, 0.4) is 0 Å². The number of unbranched alkanes of at least 4 members (excludes halogenated alkanes) is 2. The monoisotopic (exact) mass is 358 g/mol. The highest BCUT2D eigenvalue weighted by molar-refractivity contribution is 7.89. The fraction of sp³-hybridized carbons (Fsp3) is 0.562. The lowest BCUT2D eigenvalue weighted by molar-refractivity contribution is 0.0697. The number of ether oxygens (including phenoxy) is 1. The van der Waals surface area contributed by atoms with Crippen molar-refractivity contribution in [3.05, 3.63) is 23.8 Å². The van der Waals surface area contributed by atoms with Crippen molar-refractivity contribution in [1.82, 2.24) is 4.72 Å². The van der Waals surface area contributed by atoms with Gasteiger partial charge in [0.2, 0.25) is 10.0 Å². The molecule has 0 fully saturated rings. The Morgan fingerprint density at radius 2 is 2.04 bits per heavy atom. The van der Waals surface area contributed by atoms with Crippen LogP contribution in [-0.2, 0) is 14.8 Å². The van der Waals surface area contributed by atoms with E-state index in [9.17, 15) is 18.3 Å². The van der Waals surface area contributed by atoms with Gasteiger partial charge in [0.1, 0.15) is 0 Å². The van der Waals surface area contributed by atoms with Crippen molar-refractivity contribution < 1.29 is 23.1 Å². The van der Waals surface area contributed by atoms with Gasteiger partial charge in [-0.1, -0.05) is 19.8 Å². The van der Waals surface area contributed by atoms with Gasteiger partial charge < -0.3 is 15.2 Å². The summed E-state index contributed by atoms with van der Waals surface area (Å²) in [5.74, 6) is -1.19. The Bertz CT molecular complexity index is 646. The minimum atomic E-state index is -3.72. The molecule has 0 radical (unpaired) electrons. The molecule has 1 aromatic rings. The molecule has 8 heteroatoms. The van der Waals surface area contributed by atoms with Crippen LogP contribution in [0.15, 0.2) is 23.1 Å². The van der Waals surface area contributed by atoms with Crippen molar-refractivity contribution in [3.63, 3.8) is 0 Å². The van der Waals surface area contributed by atoms with Crippen LogP contribution in [0, 0.1) is 0 Å². The number of carboxylic acid groups (broad SMARTS) is 1. The Hall–Kier alpha value is -1.64. The number of methoxy groups -OCH3 is 1. The van der Waals surface area contributed by atoms with Gasteiger partial charge >= 0.3 is 5.97 Å². The molecule has 136 valence electrons. The number of sulfonamides is 1. The molecular formula is C16H26N2O5S. The van der Waals surface area contributed by atoms with Gasteiger partial charge in [-0.25, -0.2) is 17.9 Å². The number of anilines is 1. The summed E-state index contributed by atoms with van der Waals surface area (Å²) in [6.45, 7) is 4.61. The van der Waals surface area contributed by atoms with Gasteiger partial charge in [-0.2, -0.15) is 0 Å². The van der Waals surface area contributed by atoms with Crippen molar-refractivity contribution in [1.29, 1.82) is 0 Å². The fourth-order valence-corrected chi connectivity index (χ4v) is 3.32. The molecule has 0 aliphatic heterocycles. The Kier molecular flexibility index (Phi) is 8.17. The zero-order chi connectivity index (χ0) is 18.2. The van der Waals surface area contributed by atoms with Crippen LogP contribution in [0.4, 0.5) is 5.69 Å². The van der Waals surface area contributed by atoms with Crippen LogP contribution in [0.2, 0.25) is 0 Å². The van der Waals surface area contributed by atoms with Gasteiger partial charge in [0.05, 0.1) is 17.1 Å². The van der Waals surface area contributed by atoms with Crippen LogP contribution >= 0.6 is 0 Å². The molecule has 0 amide bonds. The summed E-state index contributed by atoms with van der Waals surface area (Å²) in [5.41, 5.74) is 0.270. The van der Waals surface area contributed by atoms with Crippen LogP contribution in [-0.4, -0.2) is 45.8 Å². The summed E-state index contributed by atoms with van der Waals surface area (Å²) in [6.07, 6.45) is 2.67. The lowest BCUT2D eigenvalue weighted by atomic mass is 10.1. The third kappa shape index (κ3) is 6.10. The number of aromatic carboxylic acids is 1. The predicted molar refractivity (Wildman–Crippen MR) is 93.1 cm³/mol. The molecule has 0 saturated heterocycles. The SMILES string of the molecule is CCCCCNS(=O)(=O)c1ccc(NC(C)COC)c(C(=O)O)c1. The summed E-state index contributed by atoms with van der Waals surface area (Å²) < 4.78 is 32.0. The number of carbonyl (C=O) groups is 1. The number of nitrogens with one attached hydrogen (secondary N) is 2. The summed E-state index contributed by atoms with van der Waals surface area (Å²) >= 11 is 0. The summed E-state index contributed by atoms with van der Waals surface area (Å²) in [7, 11) is -2.17. The molecule has 24 heavy (non-hydrogen) atoms. The highest BCUT2D eigenvalue weighted by Gasteiger charge is 2.19. The van der Waals surface area contributed by atoms with Gasteiger partial charge in [-0.05, 0) is 31.5 Å². The average Bonchev–Trinajstić information content (AvgIpc) is 2.51. The van der Waals surface area contributed by atoms with E-state index < -0.39 is 16.0 Å². The molecule has 1 rings (SSSR count). The molecule has 7 nitrogen and oxygen atoms in total.